The highest BCUT2D eigenvalue weighted by molar-refractivity contribution is 9.10. The summed E-state index contributed by atoms with van der Waals surface area (Å²) < 4.78 is 2.60. The Bertz CT molecular complexity index is 780. The van der Waals surface area contributed by atoms with E-state index in [0.717, 1.165) is 21.4 Å². The summed E-state index contributed by atoms with van der Waals surface area (Å²) >= 11 is 3.39. The van der Waals surface area contributed by atoms with Gasteiger partial charge in [-0.1, -0.05) is 22.0 Å². The standard InChI is InChI=1S/C16H11BrN2O/c17-13-5-7-14(8-6-13)19-11-12(4-9-16(19)20)15-3-1-2-10-18-15/h1-11H. The van der Waals surface area contributed by atoms with Crippen LogP contribution < -0.4 is 5.56 Å². The fourth-order valence-corrected chi connectivity index (χ4v) is 2.24. The van der Waals surface area contributed by atoms with Crippen LogP contribution in [0.3, 0.4) is 0 Å². The van der Waals surface area contributed by atoms with Gasteiger partial charge in [0.1, 0.15) is 0 Å². The summed E-state index contributed by atoms with van der Waals surface area (Å²) in [7, 11) is 0. The summed E-state index contributed by atoms with van der Waals surface area (Å²) in [5.74, 6) is 0. The van der Waals surface area contributed by atoms with Crippen LogP contribution in [0.1, 0.15) is 0 Å². The van der Waals surface area contributed by atoms with Crippen LogP contribution in [0.15, 0.2) is 76.3 Å². The van der Waals surface area contributed by atoms with Crippen LogP contribution in [0.5, 0.6) is 0 Å². The Morgan fingerprint density at radius 1 is 0.950 bits per heavy atom. The molecule has 2 heterocycles. The molecule has 0 N–H and O–H groups in total. The first kappa shape index (κ1) is 12.8. The van der Waals surface area contributed by atoms with Gasteiger partial charge >= 0.3 is 0 Å². The van der Waals surface area contributed by atoms with Gasteiger partial charge in [0.25, 0.3) is 5.56 Å². The van der Waals surface area contributed by atoms with Crippen LogP contribution in [0.2, 0.25) is 0 Å². The van der Waals surface area contributed by atoms with Crippen LogP contribution in [0.25, 0.3) is 16.9 Å². The van der Waals surface area contributed by atoms with Crippen molar-refractivity contribution in [3.05, 3.63) is 81.8 Å². The first-order chi connectivity index (χ1) is 9.74. The lowest BCUT2D eigenvalue weighted by atomic mass is 10.2. The van der Waals surface area contributed by atoms with Crippen LogP contribution in [0, 0.1) is 0 Å². The Morgan fingerprint density at radius 2 is 1.75 bits per heavy atom. The fraction of sp³-hybridized carbons (Fsp3) is 0. The van der Waals surface area contributed by atoms with Crippen LogP contribution in [0.4, 0.5) is 0 Å². The van der Waals surface area contributed by atoms with Crippen molar-refractivity contribution in [2.75, 3.05) is 0 Å². The van der Waals surface area contributed by atoms with Crippen LogP contribution in [-0.2, 0) is 0 Å². The second kappa shape index (κ2) is 5.43. The van der Waals surface area contributed by atoms with E-state index >= 15 is 0 Å². The maximum atomic E-state index is 12.0. The smallest absolute Gasteiger partial charge is 0.255 e. The van der Waals surface area contributed by atoms with Crippen molar-refractivity contribution >= 4 is 15.9 Å². The van der Waals surface area contributed by atoms with Gasteiger partial charge in [-0.15, -0.1) is 0 Å². The maximum absolute atomic E-state index is 12.0. The van der Waals surface area contributed by atoms with Gasteiger partial charge in [-0.25, -0.2) is 0 Å². The van der Waals surface area contributed by atoms with Gasteiger partial charge in [-0.3, -0.25) is 14.3 Å². The minimum atomic E-state index is -0.0630. The topological polar surface area (TPSA) is 34.9 Å². The van der Waals surface area contributed by atoms with Gasteiger partial charge in [0, 0.05) is 34.2 Å². The minimum absolute atomic E-state index is 0.0630. The second-order valence-corrected chi connectivity index (χ2v) is 5.23. The molecule has 98 valence electrons. The molecule has 0 aliphatic carbocycles. The van der Waals surface area contributed by atoms with Gasteiger partial charge in [0.15, 0.2) is 0 Å². The van der Waals surface area contributed by atoms with E-state index in [1.807, 2.05) is 48.7 Å². The first-order valence-corrected chi connectivity index (χ1v) is 6.93. The van der Waals surface area contributed by atoms with E-state index < -0.39 is 0 Å². The molecule has 0 aliphatic heterocycles. The Balaban J connectivity index is 2.12. The lowest BCUT2D eigenvalue weighted by Gasteiger charge is -2.08. The Labute approximate surface area is 124 Å². The largest absolute Gasteiger partial charge is 0.284 e. The Hall–Kier alpha value is -2.20. The SMILES string of the molecule is O=c1ccc(-c2ccccn2)cn1-c1ccc(Br)cc1. The number of nitrogens with zero attached hydrogens (tertiary/aromatic N) is 2. The molecule has 3 nitrogen and oxygen atoms in total. The average molecular weight is 327 g/mol. The normalized spacial score (nSPS) is 10.4. The predicted octanol–water partition coefficient (Wildman–Crippen LogP) is 3.66. The molecule has 20 heavy (non-hydrogen) atoms. The van der Waals surface area contributed by atoms with E-state index in [1.54, 1.807) is 22.9 Å². The molecule has 0 saturated heterocycles. The molecule has 1 aromatic carbocycles. The highest BCUT2D eigenvalue weighted by Gasteiger charge is 2.04. The van der Waals surface area contributed by atoms with Crippen LogP contribution in [-0.4, -0.2) is 9.55 Å². The summed E-state index contributed by atoms with van der Waals surface area (Å²) in [6.45, 7) is 0. The minimum Gasteiger partial charge on any atom is -0.284 e. The third-order valence-corrected chi connectivity index (χ3v) is 3.51. The number of pyridine rings is 2. The van der Waals surface area contributed by atoms with Crippen molar-refractivity contribution in [3.63, 3.8) is 0 Å². The monoisotopic (exact) mass is 326 g/mol. The molecular weight excluding hydrogens is 316 g/mol. The van der Waals surface area contributed by atoms with E-state index in [4.69, 9.17) is 0 Å². The summed E-state index contributed by atoms with van der Waals surface area (Å²) in [6, 6.07) is 16.7. The van der Waals surface area contributed by atoms with Crippen molar-refractivity contribution in [1.29, 1.82) is 0 Å². The lowest BCUT2D eigenvalue weighted by molar-refractivity contribution is 0.990. The van der Waals surface area contributed by atoms with E-state index in [0.29, 0.717) is 0 Å². The molecule has 0 bridgehead atoms. The molecule has 3 aromatic rings. The number of halogens is 1. The highest BCUT2D eigenvalue weighted by Crippen LogP contribution is 2.17. The zero-order valence-corrected chi connectivity index (χ0v) is 12.1. The average Bonchev–Trinajstić information content (AvgIpc) is 2.50. The van der Waals surface area contributed by atoms with Gasteiger partial charge < -0.3 is 0 Å². The zero-order chi connectivity index (χ0) is 13.9. The second-order valence-electron chi connectivity index (χ2n) is 4.32. The number of hydrogen-bond acceptors (Lipinski definition) is 2. The highest BCUT2D eigenvalue weighted by atomic mass is 79.9. The van der Waals surface area contributed by atoms with Crippen LogP contribution >= 0.6 is 15.9 Å². The number of hydrogen-bond donors (Lipinski definition) is 0. The Kier molecular flexibility index (Phi) is 3.48. The molecular formula is C16H11BrN2O. The van der Waals surface area contributed by atoms with Crippen molar-refractivity contribution in [2.45, 2.75) is 0 Å². The molecule has 3 rings (SSSR count). The number of aromatic nitrogens is 2. The summed E-state index contributed by atoms with van der Waals surface area (Å²) in [6.07, 6.45) is 3.55. The zero-order valence-electron chi connectivity index (χ0n) is 10.5. The van der Waals surface area contributed by atoms with Gasteiger partial charge in [-0.2, -0.15) is 0 Å². The van der Waals surface area contributed by atoms with Gasteiger partial charge in [0.05, 0.1) is 5.69 Å². The van der Waals surface area contributed by atoms with Crippen molar-refractivity contribution in [3.8, 4) is 16.9 Å². The molecule has 0 radical (unpaired) electrons. The molecule has 0 unspecified atom stereocenters. The molecule has 0 amide bonds. The van der Waals surface area contributed by atoms with E-state index in [1.165, 1.54) is 0 Å². The third kappa shape index (κ3) is 2.56. The van der Waals surface area contributed by atoms with E-state index in [-0.39, 0.29) is 5.56 Å². The molecule has 0 saturated carbocycles. The van der Waals surface area contributed by atoms with E-state index in [2.05, 4.69) is 20.9 Å². The number of rotatable bonds is 2. The maximum Gasteiger partial charge on any atom is 0.255 e. The third-order valence-electron chi connectivity index (χ3n) is 2.98. The molecule has 0 fully saturated rings. The van der Waals surface area contributed by atoms with E-state index in [9.17, 15) is 4.79 Å². The van der Waals surface area contributed by atoms with Crippen molar-refractivity contribution < 1.29 is 0 Å². The molecule has 0 atom stereocenters. The molecule has 0 spiro atoms. The summed E-state index contributed by atoms with van der Waals surface area (Å²) in [4.78, 5) is 16.3. The molecule has 4 heteroatoms. The quantitative estimate of drug-likeness (QED) is 0.720. The van der Waals surface area contributed by atoms with Crippen molar-refractivity contribution in [1.82, 2.24) is 9.55 Å². The number of benzene rings is 1. The predicted molar refractivity (Wildman–Crippen MR) is 83.0 cm³/mol. The summed E-state index contributed by atoms with van der Waals surface area (Å²) in [5.41, 5.74) is 2.52. The lowest BCUT2D eigenvalue weighted by Crippen LogP contribution is -2.16. The first-order valence-electron chi connectivity index (χ1n) is 6.14. The molecule has 0 aliphatic rings. The Morgan fingerprint density at radius 3 is 2.45 bits per heavy atom. The van der Waals surface area contributed by atoms with Crippen molar-refractivity contribution in [2.24, 2.45) is 0 Å². The van der Waals surface area contributed by atoms with Gasteiger partial charge in [0.2, 0.25) is 0 Å². The van der Waals surface area contributed by atoms with Gasteiger partial charge in [-0.05, 0) is 42.5 Å². The molecule has 2 aromatic heterocycles. The summed E-state index contributed by atoms with van der Waals surface area (Å²) in [5, 5.41) is 0. The fourth-order valence-electron chi connectivity index (χ4n) is 1.98.